The summed E-state index contributed by atoms with van der Waals surface area (Å²) < 4.78 is 0. The summed E-state index contributed by atoms with van der Waals surface area (Å²) >= 11 is 0. The molecule has 122 valence electrons. The molecule has 0 spiro atoms. The minimum Gasteiger partial charge on any atom is -0.811 e. The third kappa shape index (κ3) is 5.72. The van der Waals surface area contributed by atoms with E-state index < -0.39 is 0 Å². The first-order valence-corrected chi connectivity index (χ1v) is 7.13. The molecule has 1 aliphatic carbocycles. The SMILES string of the molecule is CC.CC(=CO)c1ccccc1N=C1CC(=[N-])C(C)C1.[Yb]. The zero-order chi connectivity index (χ0) is 15.1. The largest absolute Gasteiger partial charge is 0.811 e. The average molecular weight is 444 g/mol. The first kappa shape index (κ1) is 20.6. The number of hydrogen-bond acceptors (Lipinski definition) is 2. The van der Waals surface area contributed by atoms with Crippen molar-refractivity contribution in [2.75, 3.05) is 0 Å². The molecule has 0 radical (unpaired) electrons. The van der Waals surface area contributed by atoms with Crippen LogP contribution >= 0.6 is 0 Å². The van der Waals surface area contributed by atoms with Crippen molar-refractivity contribution >= 4 is 22.7 Å². The molecule has 1 N–H and O–H groups in total. The summed E-state index contributed by atoms with van der Waals surface area (Å²) in [4.78, 5) is 4.61. The molecule has 1 aliphatic rings. The van der Waals surface area contributed by atoms with Crippen molar-refractivity contribution in [1.29, 1.82) is 0 Å². The second-order valence-corrected chi connectivity index (χ2v) is 4.78. The molecule has 21 heavy (non-hydrogen) atoms. The van der Waals surface area contributed by atoms with Gasteiger partial charge >= 0.3 is 0 Å². The Labute approximate surface area is 166 Å². The third-order valence-corrected chi connectivity index (χ3v) is 3.30. The summed E-state index contributed by atoms with van der Waals surface area (Å²) in [5.74, 6) is 0.199. The van der Waals surface area contributed by atoms with Crippen molar-refractivity contribution in [2.45, 2.75) is 40.5 Å². The van der Waals surface area contributed by atoms with Crippen molar-refractivity contribution in [1.82, 2.24) is 0 Å². The number of aliphatic imine (C=N–C) groups is 1. The van der Waals surface area contributed by atoms with Crippen molar-refractivity contribution in [3.05, 3.63) is 41.5 Å². The van der Waals surface area contributed by atoms with Gasteiger partial charge in [0, 0.05) is 58.2 Å². The van der Waals surface area contributed by atoms with E-state index in [4.69, 9.17) is 5.11 Å². The summed E-state index contributed by atoms with van der Waals surface area (Å²) in [6.07, 6.45) is 2.47. The second kappa shape index (κ2) is 10.4. The first-order valence-electron chi connectivity index (χ1n) is 7.13. The van der Waals surface area contributed by atoms with E-state index in [-0.39, 0.29) is 52.8 Å². The van der Waals surface area contributed by atoms with Gasteiger partial charge in [0.05, 0.1) is 11.9 Å². The monoisotopic (exact) mass is 445 g/mol. The molecule has 1 saturated carbocycles. The number of benzene rings is 1. The van der Waals surface area contributed by atoms with Gasteiger partial charge in [-0.25, -0.2) is 0 Å². The molecule has 1 fully saturated rings. The van der Waals surface area contributed by atoms with Crippen LogP contribution in [0, 0.1) is 52.8 Å². The van der Waals surface area contributed by atoms with Crippen LogP contribution in [-0.4, -0.2) is 16.5 Å². The fourth-order valence-electron chi connectivity index (χ4n) is 2.16. The van der Waals surface area contributed by atoms with Gasteiger partial charge in [0.15, 0.2) is 0 Å². The Balaban J connectivity index is 0.00000128. The molecule has 3 nitrogen and oxygen atoms in total. The smallest absolute Gasteiger partial charge is 0.0827 e. The summed E-state index contributed by atoms with van der Waals surface area (Å²) in [5, 5.41) is 18.8. The van der Waals surface area contributed by atoms with Gasteiger partial charge in [-0.1, -0.05) is 39.0 Å². The molecule has 1 aromatic carbocycles. The number of para-hydroxylation sites is 1. The maximum atomic E-state index is 9.66. The number of aliphatic hydroxyl groups excluding tert-OH is 1. The van der Waals surface area contributed by atoms with Gasteiger partial charge in [-0.2, -0.15) is 5.71 Å². The van der Waals surface area contributed by atoms with Crippen molar-refractivity contribution < 1.29 is 52.0 Å². The maximum Gasteiger partial charge on any atom is 0.0827 e. The quantitative estimate of drug-likeness (QED) is 0.631. The van der Waals surface area contributed by atoms with E-state index in [0.29, 0.717) is 12.1 Å². The van der Waals surface area contributed by atoms with Crippen LogP contribution in [0.5, 0.6) is 0 Å². The van der Waals surface area contributed by atoms with E-state index >= 15 is 0 Å². The standard InChI is InChI=1S/C15H17N2O.C2H6.Yb/c1-10-7-12(8-14(10)16)17-15-6-4-3-5-13(15)11(2)9-18;1-2;/h3-6,9-10,18H,7-8H2,1-2H3;1-2H3;/q-1;;. The molecule has 1 atom stereocenters. The van der Waals surface area contributed by atoms with Crippen LogP contribution in [0.1, 0.15) is 46.1 Å². The molecule has 4 heteroatoms. The summed E-state index contributed by atoms with van der Waals surface area (Å²) in [5.41, 5.74) is 4.07. The maximum absolute atomic E-state index is 9.66. The Kier molecular flexibility index (Phi) is 10.2. The van der Waals surface area contributed by atoms with Crippen LogP contribution in [0.2, 0.25) is 0 Å². The minimum absolute atomic E-state index is 0. The van der Waals surface area contributed by atoms with Crippen LogP contribution < -0.4 is 0 Å². The van der Waals surface area contributed by atoms with Gasteiger partial charge in [0.2, 0.25) is 0 Å². The molecule has 2 rings (SSSR count). The summed E-state index contributed by atoms with van der Waals surface area (Å²) in [6, 6.07) is 7.71. The van der Waals surface area contributed by atoms with Crippen molar-refractivity contribution in [3.63, 3.8) is 0 Å². The zero-order valence-electron chi connectivity index (χ0n) is 13.0. The Morgan fingerprint density at radius 3 is 2.48 bits per heavy atom. The third-order valence-electron chi connectivity index (χ3n) is 3.30. The van der Waals surface area contributed by atoms with E-state index in [9.17, 15) is 5.41 Å². The van der Waals surface area contributed by atoms with Crippen LogP contribution in [0.25, 0.3) is 11.0 Å². The van der Waals surface area contributed by atoms with E-state index in [0.717, 1.165) is 35.2 Å². The molecule has 0 heterocycles. The van der Waals surface area contributed by atoms with Gasteiger partial charge in [0.1, 0.15) is 0 Å². The molecule has 0 bridgehead atoms. The van der Waals surface area contributed by atoms with Gasteiger partial charge in [-0.05, 0) is 37.3 Å². The molecule has 0 aliphatic heterocycles. The van der Waals surface area contributed by atoms with E-state index in [1.807, 2.05) is 52.0 Å². The number of hydrogen-bond donors (Lipinski definition) is 1. The topological polar surface area (TPSA) is 54.9 Å². The normalized spacial score (nSPS) is 19.8. The molecular weight excluding hydrogens is 421 g/mol. The van der Waals surface area contributed by atoms with Gasteiger partial charge in [-0.3, -0.25) is 4.99 Å². The minimum atomic E-state index is 0. The van der Waals surface area contributed by atoms with Gasteiger partial charge < -0.3 is 10.5 Å². The molecule has 0 aromatic heterocycles. The first-order chi connectivity index (χ1) is 9.61. The number of nitrogens with zero attached hydrogens (tertiary/aromatic N) is 2. The Hall–Kier alpha value is -0.381. The Morgan fingerprint density at radius 2 is 1.95 bits per heavy atom. The zero-order valence-corrected chi connectivity index (χ0v) is 14.7. The predicted octanol–water partition coefficient (Wildman–Crippen LogP) is 5.14. The number of allylic oxidation sites excluding steroid dienone is 1. The molecule has 1 unspecified atom stereocenters. The van der Waals surface area contributed by atoms with E-state index in [1.54, 1.807) is 0 Å². The van der Waals surface area contributed by atoms with E-state index in [2.05, 4.69) is 4.99 Å². The van der Waals surface area contributed by atoms with Crippen LogP contribution in [0.3, 0.4) is 0 Å². The van der Waals surface area contributed by atoms with Gasteiger partial charge in [0.25, 0.3) is 0 Å². The Morgan fingerprint density at radius 1 is 1.33 bits per heavy atom. The molecule has 1 aromatic rings. The van der Waals surface area contributed by atoms with Crippen LogP contribution in [0.4, 0.5) is 5.69 Å². The molecular formula is C17H23N2OYb-. The number of rotatable bonds is 2. The van der Waals surface area contributed by atoms with Crippen LogP contribution in [-0.2, 0) is 0 Å². The number of aliphatic hydroxyl groups is 1. The summed E-state index contributed by atoms with van der Waals surface area (Å²) in [6.45, 7) is 7.85. The fraction of sp³-hybridized carbons (Fsp3) is 0.412. The molecule has 0 amide bonds. The Bertz CT molecular complexity index is 535. The fourth-order valence-corrected chi connectivity index (χ4v) is 2.16. The average Bonchev–Trinajstić information content (AvgIpc) is 2.79. The molecule has 0 saturated heterocycles. The van der Waals surface area contributed by atoms with Crippen molar-refractivity contribution in [3.8, 4) is 0 Å². The second-order valence-electron chi connectivity index (χ2n) is 4.78. The van der Waals surface area contributed by atoms with Gasteiger partial charge in [-0.15, -0.1) is 0 Å². The van der Waals surface area contributed by atoms with Crippen LogP contribution in [0.15, 0.2) is 35.5 Å². The van der Waals surface area contributed by atoms with E-state index in [1.165, 1.54) is 0 Å². The summed E-state index contributed by atoms with van der Waals surface area (Å²) in [7, 11) is 0. The van der Waals surface area contributed by atoms with Crippen molar-refractivity contribution in [2.24, 2.45) is 10.9 Å². The predicted molar refractivity (Wildman–Crippen MR) is 87.9 cm³/mol.